The molecule has 0 saturated carbocycles. The summed E-state index contributed by atoms with van der Waals surface area (Å²) in [7, 11) is 0. The van der Waals surface area contributed by atoms with Gasteiger partial charge in [-0.15, -0.1) is 0 Å². The van der Waals surface area contributed by atoms with E-state index in [1.165, 1.54) is 6.92 Å². The number of nitrogens with one attached hydrogen (secondary N) is 1. The molecule has 31 heavy (non-hydrogen) atoms. The number of carbonyl (C=O) groups is 1. The fraction of sp³-hybridized carbons (Fsp3) is 0.409. The van der Waals surface area contributed by atoms with Gasteiger partial charge in [0.15, 0.2) is 5.65 Å². The molecular formula is C22H24F3N5O. The molecule has 2 aromatic heterocycles. The number of fused-ring (bicyclic) bond motifs is 1. The van der Waals surface area contributed by atoms with Crippen LogP contribution in [0.3, 0.4) is 0 Å². The first-order chi connectivity index (χ1) is 14.7. The molecule has 9 heteroatoms. The molecule has 0 aliphatic carbocycles. The van der Waals surface area contributed by atoms with Gasteiger partial charge >= 0.3 is 6.18 Å². The number of rotatable bonds is 5. The van der Waals surface area contributed by atoms with Crippen molar-refractivity contribution in [2.75, 3.05) is 11.9 Å². The molecule has 4 rings (SSSR count). The predicted octanol–water partition coefficient (Wildman–Crippen LogP) is 4.61. The molecule has 1 saturated heterocycles. The Morgan fingerprint density at radius 3 is 2.71 bits per heavy atom. The van der Waals surface area contributed by atoms with Crippen LogP contribution in [0.25, 0.3) is 5.65 Å². The number of likely N-dealkylation sites (tertiary alicyclic amines) is 1. The van der Waals surface area contributed by atoms with Crippen LogP contribution in [0, 0.1) is 6.92 Å². The molecule has 1 amide bonds. The Kier molecular flexibility index (Phi) is 5.70. The molecule has 3 aromatic rings. The molecule has 1 aliphatic rings. The van der Waals surface area contributed by atoms with E-state index in [9.17, 15) is 18.0 Å². The Morgan fingerprint density at radius 1 is 1.26 bits per heavy atom. The maximum absolute atomic E-state index is 13.5. The van der Waals surface area contributed by atoms with Crippen LogP contribution in [-0.4, -0.2) is 38.0 Å². The van der Waals surface area contributed by atoms with E-state index >= 15 is 0 Å². The molecule has 0 unspecified atom stereocenters. The van der Waals surface area contributed by atoms with Gasteiger partial charge in [-0.05, 0) is 51.4 Å². The van der Waals surface area contributed by atoms with Gasteiger partial charge in [-0.2, -0.15) is 18.3 Å². The Morgan fingerprint density at radius 2 is 2.00 bits per heavy atom. The molecule has 0 spiro atoms. The zero-order valence-electron chi connectivity index (χ0n) is 17.4. The number of anilines is 1. The van der Waals surface area contributed by atoms with E-state index in [1.54, 1.807) is 6.07 Å². The van der Waals surface area contributed by atoms with E-state index in [1.807, 2.05) is 37.3 Å². The van der Waals surface area contributed by atoms with Gasteiger partial charge in [0.25, 0.3) is 0 Å². The maximum atomic E-state index is 13.5. The summed E-state index contributed by atoms with van der Waals surface area (Å²) in [5, 5.41) is 7.16. The van der Waals surface area contributed by atoms with Crippen molar-refractivity contribution in [3.8, 4) is 0 Å². The van der Waals surface area contributed by atoms with E-state index in [2.05, 4.69) is 20.3 Å². The Bertz CT molecular complexity index is 1080. The van der Waals surface area contributed by atoms with Gasteiger partial charge in [0.2, 0.25) is 5.91 Å². The normalized spacial score (nSPS) is 18.4. The molecule has 2 atom stereocenters. The molecule has 1 N–H and O–H groups in total. The summed E-state index contributed by atoms with van der Waals surface area (Å²) in [5.41, 5.74) is 0.931. The maximum Gasteiger partial charge on any atom is 0.433 e. The summed E-state index contributed by atoms with van der Waals surface area (Å²) in [5.74, 6) is -0.101. The molecule has 164 valence electrons. The third-order valence-corrected chi connectivity index (χ3v) is 5.60. The summed E-state index contributed by atoms with van der Waals surface area (Å²) in [6.07, 6.45) is -2.58. The van der Waals surface area contributed by atoms with Crippen molar-refractivity contribution in [1.82, 2.24) is 19.5 Å². The highest BCUT2D eigenvalue weighted by atomic mass is 19.4. The summed E-state index contributed by atoms with van der Waals surface area (Å²) < 4.78 is 41.3. The average molecular weight is 431 g/mol. The van der Waals surface area contributed by atoms with E-state index < -0.39 is 11.9 Å². The minimum atomic E-state index is -4.52. The van der Waals surface area contributed by atoms with Gasteiger partial charge in [0, 0.05) is 29.9 Å². The van der Waals surface area contributed by atoms with E-state index in [-0.39, 0.29) is 30.1 Å². The summed E-state index contributed by atoms with van der Waals surface area (Å²) in [6, 6.07) is 11.6. The quantitative estimate of drug-likeness (QED) is 0.641. The number of aromatic nitrogens is 3. The lowest BCUT2D eigenvalue weighted by molar-refractivity contribution is -0.142. The van der Waals surface area contributed by atoms with Crippen LogP contribution in [0.2, 0.25) is 0 Å². The van der Waals surface area contributed by atoms with Gasteiger partial charge < -0.3 is 5.32 Å². The first-order valence-electron chi connectivity index (χ1n) is 10.3. The topological polar surface area (TPSA) is 62.5 Å². The van der Waals surface area contributed by atoms with Crippen molar-refractivity contribution in [1.29, 1.82) is 0 Å². The zero-order valence-corrected chi connectivity index (χ0v) is 17.4. The number of alkyl halides is 3. The van der Waals surface area contributed by atoms with Crippen molar-refractivity contribution < 1.29 is 18.0 Å². The van der Waals surface area contributed by atoms with Gasteiger partial charge in [-0.3, -0.25) is 9.69 Å². The summed E-state index contributed by atoms with van der Waals surface area (Å²) in [6.45, 7) is 4.26. The number of hydrogen-bond donors (Lipinski definition) is 1. The second kappa shape index (κ2) is 8.30. The Balaban J connectivity index is 1.54. The lowest BCUT2D eigenvalue weighted by atomic mass is 10.1. The minimum Gasteiger partial charge on any atom is -0.326 e. The summed E-state index contributed by atoms with van der Waals surface area (Å²) in [4.78, 5) is 18.8. The highest BCUT2D eigenvalue weighted by Gasteiger charge is 2.37. The smallest absolute Gasteiger partial charge is 0.326 e. The number of halogens is 3. The van der Waals surface area contributed by atoms with Crippen LogP contribution >= 0.6 is 0 Å². The lowest BCUT2D eigenvalue weighted by Crippen LogP contribution is -2.35. The molecular weight excluding hydrogens is 407 g/mol. The second-order valence-corrected chi connectivity index (χ2v) is 7.98. The van der Waals surface area contributed by atoms with Crippen LogP contribution in [-0.2, 0) is 11.0 Å². The minimum absolute atomic E-state index is 0.0854. The third-order valence-electron chi connectivity index (χ3n) is 5.60. The van der Waals surface area contributed by atoms with E-state index in [0.717, 1.165) is 35.7 Å². The van der Waals surface area contributed by atoms with E-state index in [0.29, 0.717) is 11.4 Å². The Hall–Kier alpha value is -2.94. The largest absolute Gasteiger partial charge is 0.433 e. The van der Waals surface area contributed by atoms with Crippen molar-refractivity contribution in [2.24, 2.45) is 0 Å². The number of para-hydroxylation sites is 1. The lowest BCUT2D eigenvalue weighted by Gasteiger charge is -2.29. The van der Waals surface area contributed by atoms with Crippen molar-refractivity contribution >= 4 is 17.2 Å². The molecule has 0 bridgehead atoms. The van der Waals surface area contributed by atoms with Crippen LogP contribution < -0.4 is 5.32 Å². The SMILES string of the molecule is Cc1cc(C(F)(F)F)n2nc([C@@H]3CCCN3[C@@H](C)CC(=O)Nc3ccccc3)cc2n1. The number of aryl methyl sites for hydroxylation is 1. The van der Waals surface area contributed by atoms with Crippen molar-refractivity contribution in [3.63, 3.8) is 0 Å². The first-order valence-corrected chi connectivity index (χ1v) is 10.3. The fourth-order valence-corrected chi connectivity index (χ4v) is 4.24. The molecule has 1 aliphatic heterocycles. The standard InChI is InChI=1S/C22H24F3N5O/c1-14-11-19(22(23,24)25)30-20(26-14)13-17(28-30)18-9-6-10-29(18)15(2)12-21(31)27-16-7-4-3-5-8-16/h3-5,7-8,11,13,15,18H,6,9-10,12H2,1-2H3,(H,27,31)/t15-,18-/m0/s1. The van der Waals surface area contributed by atoms with Crippen molar-refractivity contribution in [2.45, 2.75) is 51.4 Å². The van der Waals surface area contributed by atoms with E-state index in [4.69, 9.17) is 0 Å². The summed E-state index contributed by atoms with van der Waals surface area (Å²) >= 11 is 0. The molecule has 1 fully saturated rings. The van der Waals surface area contributed by atoms with Gasteiger partial charge in [0.05, 0.1) is 11.7 Å². The third kappa shape index (κ3) is 4.56. The fourth-order valence-electron chi connectivity index (χ4n) is 4.24. The molecule has 0 radical (unpaired) electrons. The second-order valence-electron chi connectivity index (χ2n) is 7.98. The van der Waals surface area contributed by atoms with Crippen molar-refractivity contribution in [3.05, 3.63) is 59.5 Å². The van der Waals surface area contributed by atoms with Gasteiger partial charge in [-0.1, -0.05) is 18.2 Å². The van der Waals surface area contributed by atoms with Crippen LogP contribution in [0.15, 0.2) is 42.5 Å². The number of hydrogen-bond acceptors (Lipinski definition) is 4. The van der Waals surface area contributed by atoms with Crippen LogP contribution in [0.1, 0.15) is 49.3 Å². The predicted molar refractivity (Wildman–Crippen MR) is 111 cm³/mol. The van der Waals surface area contributed by atoms with Crippen LogP contribution in [0.4, 0.5) is 18.9 Å². The highest BCUT2D eigenvalue weighted by molar-refractivity contribution is 5.91. The molecule has 6 nitrogen and oxygen atoms in total. The Labute approximate surface area is 178 Å². The van der Waals surface area contributed by atoms with Crippen LogP contribution in [0.5, 0.6) is 0 Å². The number of nitrogens with zero attached hydrogens (tertiary/aromatic N) is 4. The first kappa shape index (κ1) is 21.3. The number of amides is 1. The highest BCUT2D eigenvalue weighted by Crippen LogP contribution is 2.35. The van der Waals surface area contributed by atoms with Gasteiger partial charge in [0.1, 0.15) is 5.69 Å². The zero-order chi connectivity index (χ0) is 22.2. The molecule has 3 heterocycles. The molecule has 1 aromatic carbocycles. The monoisotopic (exact) mass is 431 g/mol. The van der Waals surface area contributed by atoms with Gasteiger partial charge in [-0.25, -0.2) is 9.50 Å². The number of benzene rings is 1. The average Bonchev–Trinajstić information content (AvgIpc) is 3.33. The number of carbonyl (C=O) groups excluding carboxylic acids is 1.